The van der Waals surface area contributed by atoms with Gasteiger partial charge in [-0.3, -0.25) is 4.79 Å². The van der Waals surface area contributed by atoms with Gasteiger partial charge < -0.3 is 4.74 Å². The summed E-state index contributed by atoms with van der Waals surface area (Å²) in [6.07, 6.45) is 2.99. The average Bonchev–Trinajstić information content (AvgIpc) is 2.30. The lowest BCUT2D eigenvalue weighted by molar-refractivity contribution is -0.118. The van der Waals surface area contributed by atoms with E-state index in [9.17, 15) is 4.79 Å². The number of hydrogen-bond acceptors (Lipinski definition) is 3. The number of methoxy groups -OCH3 is 1. The predicted octanol–water partition coefficient (Wildman–Crippen LogP) is 1.81. The maximum absolute atomic E-state index is 11.6. The number of hydrazone groups is 1. The van der Waals surface area contributed by atoms with Gasteiger partial charge in [-0.05, 0) is 18.6 Å². The third-order valence-electron chi connectivity index (χ3n) is 2.22. The molecular formula is C11H12N2O2. The zero-order valence-corrected chi connectivity index (χ0v) is 8.51. The number of ether oxygens (including phenoxy) is 1. The fraction of sp³-hybridized carbons (Fsp3) is 0.273. The van der Waals surface area contributed by atoms with Crippen LogP contribution in [-0.4, -0.2) is 19.2 Å². The zero-order chi connectivity index (χ0) is 10.7. The van der Waals surface area contributed by atoms with Gasteiger partial charge in [0, 0.05) is 18.7 Å². The van der Waals surface area contributed by atoms with E-state index >= 15 is 0 Å². The third-order valence-corrected chi connectivity index (χ3v) is 2.22. The van der Waals surface area contributed by atoms with Crippen molar-refractivity contribution in [2.45, 2.75) is 12.8 Å². The minimum absolute atomic E-state index is 0.0192. The summed E-state index contributed by atoms with van der Waals surface area (Å²) in [5.41, 5.74) is 0.746. The van der Waals surface area contributed by atoms with Crippen LogP contribution in [0.15, 0.2) is 29.4 Å². The molecule has 0 saturated heterocycles. The zero-order valence-electron chi connectivity index (χ0n) is 8.51. The molecule has 0 aromatic heterocycles. The Morgan fingerprint density at radius 1 is 1.47 bits per heavy atom. The molecular weight excluding hydrogens is 192 g/mol. The number of nitrogens with zero attached hydrogens (tertiary/aromatic N) is 2. The van der Waals surface area contributed by atoms with Crippen LogP contribution < -0.4 is 9.75 Å². The number of rotatable bonds is 2. The van der Waals surface area contributed by atoms with Gasteiger partial charge in [0.25, 0.3) is 0 Å². The lowest BCUT2D eigenvalue weighted by atomic mass is 10.2. The van der Waals surface area contributed by atoms with Crippen molar-refractivity contribution >= 4 is 17.8 Å². The molecule has 0 saturated carbocycles. The molecule has 0 bridgehead atoms. The molecule has 4 heteroatoms. The van der Waals surface area contributed by atoms with Crippen LogP contribution in [0.4, 0.5) is 5.69 Å². The highest BCUT2D eigenvalue weighted by Gasteiger charge is 2.17. The molecule has 1 aromatic carbocycles. The quantitative estimate of drug-likeness (QED) is 0.737. The molecule has 78 valence electrons. The van der Waals surface area contributed by atoms with Crippen molar-refractivity contribution < 1.29 is 9.53 Å². The number of anilines is 1. The molecule has 0 radical (unpaired) electrons. The fourth-order valence-corrected chi connectivity index (χ4v) is 1.45. The topological polar surface area (TPSA) is 41.9 Å². The molecule has 1 aliphatic rings. The standard InChI is InChI=1S/C11H12N2O2/c1-15-10-5-2-4-9(8-10)13-11(14)6-3-7-12-13/h2,4-5,7-8H,3,6H2,1H3. The molecule has 0 unspecified atom stereocenters. The first-order valence-corrected chi connectivity index (χ1v) is 4.81. The van der Waals surface area contributed by atoms with Crippen LogP contribution in [0.5, 0.6) is 5.75 Å². The summed E-state index contributed by atoms with van der Waals surface area (Å²) in [4.78, 5) is 11.6. The van der Waals surface area contributed by atoms with Gasteiger partial charge in [0.2, 0.25) is 5.91 Å². The first-order valence-electron chi connectivity index (χ1n) is 4.81. The maximum atomic E-state index is 11.6. The van der Waals surface area contributed by atoms with Crippen LogP contribution in [0.25, 0.3) is 0 Å². The lowest BCUT2D eigenvalue weighted by Gasteiger charge is -2.20. The van der Waals surface area contributed by atoms with Crippen LogP contribution in [0.3, 0.4) is 0 Å². The summed E-state index contributed by atoms with van der Waals surface area (Å²) in [5.74, 6) is 0.742. The van der Waals surface area contributed by atoms with E-state index in [-0.39, 0.29) is 5.91 Å². The second kappa shape index (κ2) is 4.13. The summed E-state index contributed by atoms with van der Waals surface area (Å²) in [5, 5.41) is 5.47. The van der Waals surface area contributed by atoms with E-state index in [1.165, 1.54) is 5.01 Å². The summed E-state index contributed by atoms with van der Waals surface area (Å²) < 4.78 is 5.09. The largest absolute Gasteiger partial charge is 0.497 e. The minimum atomic E-state index is 0.0192. The summed E-state index contributed by atoms with van der Waals surface area (Å²) in [7, 11) is 1.60. The smallest absolute Gasteiger partial charge is 0.247 e. The molecule has 1 amide bonds. The predicted molar refractivity (Wildman–Crippen MR) is 58.2 cm³/mol. The molecule has 0 spiro atoms. The SMILES string of the molecule is COc1cccc(N2N=CCCC2=O)c1. The summed E-state index contributed by atoms with van der Waals surface area (Å²) >= 11 is 0. The Morgan fingerprint density at radius 3 is 3.07 bits per heavy atom. The first-order chi connectivity index (χ1) is 7.31. The first kappa shape index (κ1) is 9.71. The van der Waals surface area contributed by atoms with E-state index in [0.29, 0.717) is 6.42 Å². The van der Waals surface area contributed by atoms with Gasteiger partial charge in [0.1, 0.15) is 5.75 Å². The van der Waals surface area contributed by atoms with Crippen LogP contribution in [0, 0.1) is 0 Å². The van der Waals surface area contributed by atoms with Gasteiger partial charge in [0.05, 0.1) is 12.8 Å². The van der Waals surface area contributed by atoms with Crippen molar-refractivity contribution in [1.82, 2.24) is 0 Å². The molecule has 0 aliphatic carbocycles. The van der Waals surface area contributed by atoms with Crippen molar-refractivity contribution in [3.05, 3.63) is 24.3 Å². The van der Waals surface area contributed by atoms with E-state index in [4.69, 9.17) is 4.74 Å². The molecule has 0 fully saturated rings. The maximum Gasteiger partial charge on any atom is 0.247 e. The van der Waals surface area contributed by atoms with Crippen molar-refractivity contribution in [2.75, 3.05) is 12.1 Å². The number of amides is 1. The Labute approximate surface area is 88.2 Å². The van der Waals surface area contributed by atoms with Crippen molar-refractivity contribution in [3.63, 3.8) is 0 Å². The van der Waals surface area contributed by atoms with E-state index < -0.39 is 0 Å². The fourth-order valence-electron chi connectivity index (χ4n) is 1.45. The van der Waals surface area contributed by atoms with E-state index in [1.807, 2.05) is 18.2 Å². The monoisotopic (exact) mass is 204 g/mol. The van der Waals surface area contributed by atoms with E-state index in [0.717, 1.165) is 17.9 Å². The van der Waals surface area contributed by atoms with Crippen LogP contribution in [0.1, 0.15) is 12.8 Å². The Balaban J connectivity index is 2.31. The van der Waals surface area contributed by atoms with Gasteiger partial charge in [0.15, 0.2) is 0 Å². The molecule has 1 aromatic rings. The second-order valence-electron chi connectivity index (χ2n) is 3.24. The Kier molecular flexibility index (Phi) is 2.67. The van der Waals surface area contributed by atoms with Gasteiger partial charge in [-0.15, -0.1) is 0 Å². The van der Waals surface area contributed by atoms with Crippen LogP contribution >= 0.6 is 0 Å². The second-order valence-corrected chi connectivity index (χ2v) is 3.24. The molecule has 2 rings (SSSR count). The Hall–Kier alpha value is -1.84. The van der Waals surface area contributed by atoms with Crippen molar-refractivity contribution in [3.8, 4) is 5.75 Å². The van der Waals surface area contributed by atoms with Gasteiger partial charge in [-0.2, -0.15) is 5.10 Å². The van der Waals surface area contributed by atoms with Crippen molar-refractivity contribution in [2.24, 2.45) is 5.10 Å². The highest BCUT2D eigenvalue weighted by Crippen LogP contribution is 2.23. The van der Waals surface area contributed by atoms with E-state index in [1.54, 1.807) is 19.4 Å². The summed E-state index contributed by atoms with van der Waals surface area (Å²) in [6.45, 7) is 0. The van der Waals surface area contributed by atoms with Gasteiger partial charge in [-0.25, -0.2) is 5.01 Å². The number of hydrogen-bond donors (Lipinski definition) is 0. The molecule has 4 nitrogen and oxygen atoms in total. The van der Waals surface area contributed by atoms with Crippen LogP contribution in [0.2, 0.25) is 0 Å². The van der Waals surface area contributed by atoms with Gasteiger partial charge >= 0.3 is 0 Å². The highest BCUT2D eigenvalue weighted by molar-refractivity contribution is 5.96. The molecule has 1 heterocycles. The number of benzene rings is 1. The number of carbonyl (C=O) groups excluding carboxylic acids is 1. The molecule has 15 heavy (non-hydrogen) atoms. The molecule has 1 aliphatic heterocycles. The van der Waals surface area contributed by atoms with Crippen molar-refractivity contribution in [1.29, 1.82) is 0 Å². The average molecular weight is 204 g/mol. The van der Waals surface area contributed by atoms with E-state index in [2.05, 4.69) is 5.10 Å². The summed E-state index contributed by atoms with van der Waals surface area (Å²) in [6, 6.07) is 7.30. The van der Waals surface area contributed by atoms with Crippen LogP contribution in [-0.2, 0) is 4.79 Å². The Bertz CT molecular complexity index is 401. The number of carbonyl (C=O) groups is 1. The Morgan fingerprint density at radius 2 is 2.33 bits per heavy atom. The lowest BCUT2D eigenvalue weighted by Crippen LogP contribution is -2.28. The molecule has 0 atom stereocenters. The minimum Gasteiger partial charge on any atom is -0.497 e. The third kappa shape index (κ3) is 1.98. The normalized spacial score (nSPS) is 15.5. The molecule has 0 N–H and O–H groups in total. The highest BCUT2D eigenvalue weighted by atomic mass is 16.5. The van der Waals surface area contributed by atoms with Gasteiger partial charge in [-0.1, -0.05) is 6.07 Å².